The van der Waals surface area contributed by atoms with Crippen molar-refractivity contribution >= 4 is 11.6 Å². The zero-order valence-electron chi connectivity index (χ0n) is 6.98. The summed E-state index contributed by atoms with van der Waals surface area (Å²) in [7, 11) is 0. The van der Waals surface area contributed by atoms with Gasteiger partial charge in [0.15, 0.2) is 0 Å². The molecule has 66 valence electrons. The number of rotatable bonds is 4. The van der Waals surface area contributed by atoms with Crippen LogP contribution >= 0.6 is 11.6 Å². The van der Waals surface area contributed by atoms with E-state index >= 15 is 0 Å². The Morgan fingerprint density at radius 3 is 3.09 bits per heavy atom. The molecule has 2 unspecified atom stereocenters. The van der Waals surface area contributed by atoms with Crippen molar-refractivity contribution in [2.45, 2.75) is 31.9 Å². The molecule has 1 aliphatic heterocycles. The van der Waals surface area contributed by atoms with E-state index in [-0.39, 0.29) is 0 Å². The monoisotopic (exact) mass is 177 g/mol. The molecule has 1 aliphatic rings. The van der Waals surface area contributed by atoms with Crippen LogP contribution in [0.25, 0.3) is 0 Å². The first-order valence-corrected chi connectivity index (χ1v) is 4.77. The van der Waals surface area contributed by atoms with Gasteiger partial charge in [0.2, 0.25) is 0 Å². The lowest BCUT2D eigenvalue weighted by molar-refractivity contribution is 0.108. The second-order valence-electron chi connectivity index (χ2n) is 3.10. The second-order valence-corrected chi connectivity index (χ2v) is 3.41. The summed E-state index contributed by atoms with van der Waals surface area (Å²) >= 11 is 5.63. The fraction of sp³-hybridized carbons (Fsp3) is 1.00. The van der Waals surface area contributed by atoms with Crippen LogP contribution in [0.15, 0.2) is 0 Å². The van der Waals surface area contributed by atoms with Crippen molar-refractivity contribution in [2.75, 3.05) is 19.0 Å². The average molecular weight is 178 g/mol. The molecule has 1 heterocycles. The molecule has 2 atom stereocenters. The molecule has 1 rings (SSSR count). The van der Waals surface area contributed by atoms with Crippen LogP contribution in [0.3, 0.4) is 0 Å². The molecule has 1 fully saturated rings. The van der Waals surface area contributed by atoms with E-state index < -0.39 is 0 Å². The minimum absolute atomic E-state index is 0.404. The third-order valence-electron chi connectivity index (χ3n) is 1.95. The van der Waals surface area contributed by atoms with Crippen LogP contribution in [-0.2, 0) is 4.74 Å². The summed E-state index contributed by atoms with van der Waals surface area (Å²) < 4.78 is 5.44. The first kappa shape index (κ1) is 9.30. The van der Waals surface area contributed by atoms with Crippen LogP contribution < -0.4 is 5.32 Å². The van der Waals surface area contributed by atoms with Gasteiger partial charge < -0.3 is 10.1 Å². The number of halogens is 1. The maximum absolute atomic E-state index is 5.63. The summed E-state index contributed by atoms with van der Waals surface area (Å²) in [4.78, 5) is 0. The Hall–Kier alpha value is 0.210. The number of hydrogen-bond acceptors (Lipinski definition) is 2. The summed E-state index contributed by atoms with van der Waals surface area (Å²) in [5.41, 5.74) is 0. The van der Waals surface area contributed by atoms with Gasteiger partial charge in [0.25, 0.3) is 0 Å². The Bertz CT molecular complexity index is 104. The highest BCUT2D eigenvalue weighted by Crippen LogP contribution is 2.10. The van der Waals surface area contributed by atoms with E-state index in [1.807, 2.05) is 0 Å². The molecule has 0 spiro atoms. The van der Waals surface area contributed by atoms with E-state index in [1.54, 1.807) is 0 Å². The van der Waals surface area contributed by atoms with Gasteiger partial charge in [-0.2, -0.15) is 0 Å². The number of nitrogens with one attached hydrogen (secondary N) is 1. The summed E-state index contributed by atoms with van der Waals surface area (Å²) in [6, 6.07) is 0.404. The lowest BCUT2D eigenvalue weighted by atomic mass is 10.2. The van der Waals surface area contributed by atoms with E-state index in [1.165, 1.54) is 12.8 Å². The van der Waals surface area contributed by atoms with Crippen molar-refractivity contribution in [1.82, 2.24) is 5.32 Å². The minimum Gasteiger partial charge on any atom is -0.377 e. The molecule has 0 saturated carbocycles. The van der Waals surface area contributed by atoms with Crippen molar-refractivity contribution in [1.29, 1.82) is 0 Å². The Balaban J connectivity index is 2.01. The minimum atomic E-state index is 0.404. The van der Waals surface area contributed by atoms with Gasteiger partial charge in [-0.1, -0.05) is 0 Å². The molecular formula is C8H16ClNO. The molecule has 0 aromatic rings. The number of hydrogen-bond donors (Lipinski definition) is 1. The fourth-order valence-electron chi connectivity index (χ4n) is 1.19. The quantitative estimate of drug-likeness (QED) is 0.656. The number of alkyl halides is 1. The van der Waals surface area contributed by atoms with E-state index in [2.05, 4.69) is 12.2 Å². The van der Waals surface area contributed by atoms with Crippen molar-refractivity contribution < 1.29 is 4.74 Å². The average Bonchev–Trinajstić information content (AvgIpc) is 2.52. The van der Waals surface area contributed by atoms with Crippen molar-refractivity contribution in [3.8, 4) is 0 Å². The van der Waals surface area contributed by atoms with Crippen molar-refractivity contribution in [2.24, 2.45) is 0 Å². The zero-order chi connectivity index (χ0) is 8.10. The molecule has 1 saturated heterocycles. The molecule has 1 N–H and O–H groups in total. The van der Waals surface area contributed by atoms with Gasteiger partial charge in [-0.05, 0) is 19.8 Å². The lowest BCUT2D eigenvalue weighted by Crippen LogP contribution is -2.34. The smallest absolute Gasteiger partial charge is 0.0700 e. The van der Waals surface area contributed by atoms with Crippen LogP contribution in [0.1, 0.15) is 19.8 Å². The highest BCUT2D eigenvalue weighted by molar-refractivity contribution is 6.18. The summed E-state index contributed by atoms with van der Waals surface area (Å²) in [6.07, 6.45) is 2.84. The van der Waals surface area contributed by atoms with Gasteiger partial charge in [0.05, 0.1) is 6.10 Å². The van der Waals surface area contributed by atoms with E-state index in [4.69, 9.17) is 16.3 Å². The first-order chi connectivity index (χ1) is 5.33. The first-order valence-electron chi connectivity index (χ1n) is 4.24. The summed E-state index contributed by atoms with van der Waals surface area (Å²) in [5.74, 6) is 0.673. The zero-order valence-corrected chi connectivity index (χ0v) is 7.73. The number of ether oxygens (including phenoxy) is 1. The Morgan fingerprint density at radius 2 is 2.55 bits per heavy atom. The second kappa shape index (κ2) is 4.96. The van der Waals surface area contributed by atoms with Crippen LogP contribution in [0.5, 0.6) is 0 Å². The topological polar surface area (TPSA) is 21.3 Å². The third-order valence-corrected chi connectivity index (χ3v) is 2.41. The van der Waals surface area contributed by atoms with E-state index in [0.29, 0.717) is 18.0 Å². The molecule has 11 heavy (non-hydrogen) atoms. The maximum Gasteiger partial charge on any atom is 0.0700 e. The van der Waals surface area contributed by atoms with Crippen molar-refractivity contribution in [3.05, 3.63) is 0 Å². The van der Waals surface area contributed by atoms with Gasteiger partial charge in [-0.15, -0.1) is 11.6 Å². The van der Waals surface area contributed by atoms with E-state index in [9.17, 15) is 0 Å². The van der Waals surface area contributed by atoms with Crippen LogP contribution in [-0.4, -0.2) is 31.2 Å². The van der Waals surface area contributed by atoms with Gasteiger partial charge in [0, 0.05) is 25.1 Å². The molecule has 0 aromatic carbocycles. The molecule has 0 aromatic heterocycles. The van der Waals surface area contributed by atoms with Crippen LogP contribution in [0.2, 0.25) is 0 Å². The van der Waals surface area contributed by atoms with Crippen molar-refractivity contribution in [3.63, 3.8) is 0 Å². The van der Waals surface area contributed by atoms with Gasteiger partial charge in [-0.25, -0.2) is 0 Å². The normalized spacial score (nSPS) is 27.3. The lowest BCUT2D eigenvalue weighted by Gasteiger charge is -2.14. The molecular weight excluding hydrogens is 162 g/mol. The third kappa shape index (κ3) is 3.41. The standard InChI is InChI=1S/C8H16ClNO/c1-7(5-9)10-6-8-3-2-4-11-8/h7-8,10H,2-6H2,1H3. The molecule has 0 bridgehead atoms. The summed E-state index contributed by atoms with van der Waals surface area (Å²) in [6.45, 7) is 3.97. The van der Waals surface area contributed by atoms with Crippen LogP contribution in [0, 0.1) is 0 Å². The van der Waals surface area contributed by atoms with E-state index in [0.717, 1.165) is 13.2 Å². The predicted octanol–water partition coefficient (Wildman–Crippen LogP) is 1.38. The molecule has 0 radical (unpaired) electrons. The summed E-state index contributed by atoms with van der Waals surface area (Å²) in [5, 5.41) is 3.32. The Labute approximate surface area is 73.3 Å². The highest BCUT2D eigenvalue weighted by atomic mass is 35.5. The molecule has 0 amide bonds. The maximum atomic E-state index is 5.63. The Morgan fingerprint density at radius 1 is 1.73 bits per heavy atom. The largest absolute Gasteiger partial charge is 0.377 e. The molecule has 3 heteroatoms. The predicted molar refractivity (Wildman–Crippen MR) is 47.2 cm³/mol. The SMILES string of the molecule is CC(CCl)NCC1CCCO1. The fourth-order valence-corrected chi connectivity index (χ4v) is 1.30. The molecule has 2 nitrogen and oxygen atoms in total. The van der Waals surface area contributed by atoms with Gasteiger partial charge in [-0.3, -0.25) is 0 Å². The van der Waals surface area contributed by atoms with Gasteiger partial charge >= 0.3 is 0 Å². The molecule has 0 aliphatic carbocycles. The highest BCUT2D eigenvalue weighted by Gasteiger charge is 2.15. The van der Waals surface area contributed by atoms with Gasteiger partial charge in [0.1, 0.15) is 0 Å². The van der Waals surface area contributed by atoms with Crippen LogP contribution in [0.4, 0.5) is 0 Å². The Kier molecular flexibility index (Phi) is 4.20.